The summed E-state index contributed by atoms with van der Waals surface area (Å²) in [5.41, 5.74) is 1.27. The van der Waals surface area contributed by atoms with Gasteiger partial charge in [-0.2, -0.15) is 10.2 Å². The van der Waals surface area contributed by atoms with E-state index in [0.717, 1.165) is 5.56 Å². The summed E-state index contributed by atoms with van der Waals surface area (Å²) in [7, 11) is 1.55. The first-order chi connectivity index (χ1) is 11.1. The van der Waals surface area contributed by atoms with Crippen LogP contribution < -0.4 is 5.32 Å². The highest BCUT2D eigenvalue weighted by Gasteiger charge is 2.21. The van der Waals surface area contributed by atoms with Crippen LogP contribution in [0.3, 0.4) is 0 Å². The van der Waals surface area contributed by atoms with E-state index in [2.05, 4.69) is 20.5 Å². The van der Waals surface area contributed by atoms with Gasteiger partial charge in [0.15, 0.2) is 5.82 Å². The van der Waals surface area contributed by atoms with Crippen LogP contribution >= 0.6 is 0 Å². The van der Waals surface area contributed by atoms with Gasteiger partial charge in [-0.1, -0.05) is 0 Å². The van der Waals surface area contributed by atoms with Crippen molar-refractivity contribution < 1.29 is 9.59 Å². The number of hydrogen-bond donors (Lipinski definition) is 1. The second-order valence-corrected chi connectivity index (χ2v) is 5.12. The average molecular weight is 312 g/mol. The highest BCUT2D eigenvalue weighted by atomic mass is 16.2. The molecule has 0 spiro atoms. The highest BCUT2D eigenvalue weighted by Crippen LogP contribution is 2.08. The second-order valence-electron chi connectivity index (χ2n) is 5.12. The zero-order valence-electron chi connectivity index (χ0n) is 12.6. The fraction of sp³-hybridized carbons (Fsp3) is 0.267. The fourth-order valence-corrected chi connectivity index (χ4v) is 2.22. The molecule has 0 atom stereocenters. The minimum atomic E-state index is -0.262. The Morgan fingerprint density at radius 2 is 2.22 bits per heavy atom. The van der Waals surface area contributed by atoms with E-state index in [0.29, 0.717) is 30.9 Å². The van der Waals surface area contributed by atoms with Gasteiger partial charge in [-0.15, -0.1) is 0 Å². The molecule has 1 aliphatic heterocycles. The van der Waals surface area contributed by atoms with Crippen molar-refractivity contribution in [2.24, 2.45) is 5.10 Å². The van der Waals surface area contributed by atoms with Gasteiger partial charge < -0.3 is 5.32 Å². The summed E-state index contributed by atoms with van der Waals surface area (Å²) in [5.74, 6) is 0.337. The van der Waals surface area contributed by atoms with E-state index in [-0.39, 0.29) is 11.8 Å². The van der Waals surface area contributed by atoms with Crippen LogP contribution in [0.4, 0.5) is 0 Å². The fourth-order valence-electron chi connectivity index (χ4n) is 2.22. The van der Waals surface area contributed by atoms with E-state index in [1.54, 1.807) is 30.3 Å². The summed E-state index contributed by atoms with van der Waals surface area (Å²) in [6, 6.07) is 5.49. The average Bonchev–Trinajstić information content (AvgIpc) is 3.10. The van der Waals surface area contributed by atoms with Gasteiger partial charge in [-0.3, -0.25) is 9.59 Å². The van der Waals surface area contributed by atoms with E-state index in [1.165, 1.54) is 5.01 Å². The molecular weight excluding hydrogens is 296 g/mol. The Hall–Kier alpha value is -3.03. The second kappa shape index (κ2) is 6.39. The van der Waals surface area contributed by atoms with Gasteiger partial charge >= 0.3 is 0 Å². The van der Waals surface area contributed by atoms with Gasteiger partial charge in [0, 0.05) is 45.0 Å². The predicted octanol–water partition coefficient (Wildman–Crippen LogP) is 0.492. The van der Waals surface area contributed by atoms with Crippen LogP contribution in [0.15, 0.2) is 41.9 Å². The standard InChI is InChI=1S/C15H16N6O2/c1-20-14(22)4-3-12(19-20)15(23)17-10-11-5-7-16-13(9-11)21-8-2-6-18-21/h2,5-9H,3-4,10H2,1H3,(H,17,23). The third-order valence-electron chi connectivity index (χ3n) is 3.47. The van der Waals surface area contributed by atoms with E-state index < -0.39 is 0 Å². The number of nitrogens with one attached hydrogen (secondary N) is 1. The maximum absolute atomic E-state index is 12.1. The number of pyridine rings is 1. The first-order valence-corrected chi connectivity index (χ1v) is 7.20. The van der Waals surface area contributed by atoms with E-state index in [4.69, 9.17) is 0 Å². The lowest BCUT2D eigenvalue weighted by atomic mass is 10.1. The topological polar surface area (TPSA) is 92.5 Å². The number of aromatic nitrogens is 3. The Labute approximate surface area is 132 Å². The van der Waals surface area contributed by atoms with Gasteiger partial charge in [0.1, 0.15) is 5.71 Å². The Bertz CT molecular complexity index is 753. The molecule has 0 radical (unpaired) electrons. The molecule has 8 nitrogen and oxygen atoms in total. The quantitative estimate of drug-likeness (QED) is 0.889. The number of carbonyl (C=O) groups is 2. The van der Waals surface area contributed by atoms with Crippen LogP contribution in [0.1, 0.15) is 18.4 Å². The molecule has 1 aliphatic rings. The maximum Gasteiger partial charge on any atom is 0.267 e. The van der Waals surface area contributed by atoms with Crippen LogP contribution in [-0.4, -0.2) is 44.3 Å². The van der Waals surface area contributed by atoms with Crippen molar-refractivity contribution in [2.75, 3.05) is 7.05 Å². The molecule has 2 aromatic rings. The normalized spacial score (nSPS) is 14.6. The lowest BCUT2D eigenvalue weighted by Gasteiger charge is -2.18. The van der Waals surface area contributed by atoms with Gasteiger partial charge in [0.05, 0.1) is 0 Å². The molecule has 2 amide bonds. The molecule has 0 saturated carbocycles. The lowest BCUT2D eigenvalue weighted by Crippen LogP contribution is -2.37. The summed E-state index contributed by atoms with van der Waals surface area (Å²) < 4.78 is 1.65. The Morgan fingerprint density at radius 1 is 1.35 bits per heavy atom. The summed E-state index contributed by atoms with van der Waals surface area (Å²) in [4.78, 5) is 27.7. The van der Waals surface area contributed by atoms with Gasteiger partial charge in [0.2, 0.25) is 5.91 Å². The maximum atomic E-state index is 12.1. The van der Waals surface area contributed by atoms with E-state index in [9.17, 15) is 9.59 Å². The van der Waals surface area contributed by atoms with Crippen LogP contribution in [0.2, 0.25) is 0 Å². The Kier molecular flexibility index (Phi) is 4.13. The van der Waals surface area contributed by atoms with Crippen molar-refractivity contribution in [3.63, 3.8) is 0 Å². The van der Waals surface area contributed by atoms with E-state index >= 15 is 0 Å². The van der Waals surface area contributed by atoms with Crippen LogP contribution in [0.5, 0.6) is 0 Å². The molecular formula is C15H16N6O2. The minimum Gasteiger partial charge on any atom is -0.347 e. The monoisotopic (exact) mass is 312 g/mol. The number of carbonyl (C=O) groups excluding carboxylic acids is 2. The van der Waals surface area contributed by atoms with Crippen LogP contribution in [-0.2, 0) is 16.1 Å². The van der Waals surface area contributed by atoms with Crippen molar-refractivity contribution in [1.82, 2.24) is 25.1 Å². The molecule has 0 saturated heterocycles. The molecule has 2 aromatic heterocycles. The molecule has 0 bridgehead atoms. The number of amides is 2. The van der Waals surface area contributed by atoms with E-state index in [1.807, 2.05) is 18.2 Å². The Morgan fingerprint density at radius 3 is 2.96 bits per heavy atom. The summed E-state index contributed by atoms with van der Waals surface area (Å²) >= 11 is 0. The molecule has 0 aliphatic carbocycles. The number of hydrazone groups is 1. The number of rotatable bonds is 4. The highest BCUT2D eigenvalue weighted by molar-refractivity contribution is 6.39. The number of nitrogens with zero attached hydrogens (tertiary/aromatic N) is 5. The van der Waals surface area contributed by atoms with Crippen molar-refractivity contribution in [2.45, 2.75) is 19.4 Å². The summed E-state index contributed by atoms with van der Waals surface area (Å²) in [6.45, 7) is 0.353. The van der Waals surface area contributed by atoms with Crippen molar-refractivity contribution >= 4 is 17.5 Å². The molecule has 118 valence electrons. The first-order valence-electron chi connectivity index (χ1n) is 7.20. The largest absolute Gasteiger partial charge is 0.347 e. The Balaban J connectivity index is 1.65. The zero-order chi connectivity index (χ0) is 16.2. The molecule has 0 fully saturated rings. The smallest absolute Gasteiger partial charge is 0.267 e. The summed E-state index contributed by atoms with van der Waals surface area (Å²) in [5, 5.41) is 12.1. The molecule has 3 rings (SSSR count). The van der Waals surface area contributed by atoms with Gasteiger partial charge in [-0.25, -0.2) is 14.7 Å². The molecule has 1 N–H and O–H groups in total. The molecule has 0 aromatic carbocycles. The molecule has 0 unspecified atom stereocenters. The van der Waals surface area contributed by atoms with Crippen molar-refractivity contribution in [1.29, 1.82) is 0 Å². The summed E-state index contributed by atoms with van der Waals surface area (Å²) in [6.07, 6.45) is 5.82. The van der Waals surface area contributed by atoms with Crippen molar-refractivity contribution in [3.8, 4) is 5.82 Å². The number of hydrogen-bond acceptors (Lipinski definition) is 5. The third-order valence-corrected chi connectivity index (χ3v) is 3.47. The SMILES string of the molecule is CN1N=C(C(=O)NCc2ccnc(-n3cccn3)c2)CCC1=O. The minimum absolute atomic E-state index is 0.0838. The molecule has 3 heterocycles. The molecule has 8 heteroatoms. The lowest BCUT2D eigenvalue weighted by molar-refractivity contribution is -0.130. The predicted molar refractivity (Wildman–Crippen MR) is 82.6 cm³/mol. The van der Waals surface area contributed by atoms with Crippen LogP contribution in [0, 0.1) is 0 Å². The first kappa shape index (κ1) is 14.9. The zero-order valence-corrected chi connectivity index (χ0v) is 12.6. The third kappa shape index (κ3) is 3.42. The van der Waals surface area contributed by atoms with Gasteiger partial charge in [-0.05, 0) is 23.8 Å². The van der Waals surface area contributed by atoms with Gasteiger partial charge in [0.25, 0.3) is 5.91 Å². The van der Waals surface area contributed by atoms with Crippen molar-refractivity contribution in [3.05, 3.63) is 42.4 Å². The van der Waals surface area contributed by atoms with Crippen LogP contribution in [0.25, 0.3) is 5.82 Å². The molecule has 23 heavy (non-hydrogen) atoms.